The summed E-state index contributed by atoms with van der Waals surface area (Å²) in [7, 11) is 0. The van der Waals surface area contributed by atoms with Crippen LogP contribution in [0.5, 0.6) is 0 Å². The smallest absolute Gasteiger partial charge is 0.0158 e. The molecule has 0 bridgehead atoms. The van der Waals surface area contributed by atoms with Gasteiger partial charge in [0.2, 0.25) is 0 Å². The summed E-state index contributed by atoms with van der Waals surface area (Å²) in [6.45, 7) is 4.70. The zero-order valence-corrected chi connectivity index (χ0v) is 25.5. The third-order valence-electron chi connectivity index (χ3n) is 10.0. The lowest BCUT2D eigenvalue weighted by molar-refractivity contribution is 0.660. The minimum atomic E-state index is -0.00893. The van der Waals surface area contributed by atoms with Crippen molar-refractivity contribution in [3.8, 4) is 44.5 Å². The summed E-state index contributed by atoms with van der Waals surface area (Å²) in [5, 5.41) is 7.66. The molecule has 8 aromatic rings. The Morgan fingerprint density at radius 1 is 0.333 bits per heavy atom. The van der Waals surface area contributed by atoms with Crippen LogP contribution in [0.1, 0.15) is 25.0 Å². The molecule has 0 atom stereocenters. The monoisotopic (exact) mass is 572 g/mol. The molecule has 0 radical (unpaired) electrons. The summed E-state index contributed by atoms with van der Waals surface area (Å²) in [5.41, 5.74) is 13.1. The van der Waals surface area contributed by atoms with E-state index in [2.05, 4.69) is 172 Å². The minimum absolute atomic E-state index is 0.00893. The number of hydrogen-bond acceptors (Lipinski definition) is 0. The van der Waals surface area contributed by atoms with Gasteiger partial charge in [-0.3, -0.25) is 0 Å². The van der Waals surface area contributed by atoms with Gasteiger partial charge in [0, 0.05) is 5.41 Å². The van der Waals surface area contributed by atoms with Crippen LogP contribution in [-0.4, -0.2) is 0 Å². The Balaban J connectivity index is 1.36. The number of rotatable bonds is 3. The van der Waals surface area contributed by atoms with Crippen LogP contribution in [0.4, 0.5) is 0 Å². The molecular weight excluding hydrogens is 540 g/mol. The molecule has 8 aromatic carbocycles. The highest BCUT2D eigenvalue weighted by Gasteiger charge is 2.35. The Morgan fingerprint density at radius 2 is 0.844 bits per heavy atom. The van der Waals surface area contributed by atoms with Crippen LogP contribution >= 0.6 is 0 Å². The van der Waals surface area contributed by atoms with Gasteiger partial charge in [-0.2, -0.15) is 0 Å². The largest absolute Gasteiger partial charge is 0.0622 e. The highest BCUT2D eigenvalue weighted by Crippen LogP contribution is 2.51. The summed E-state index contributed by atoms with van der Waals surface area (Å²) in [4.78, 5) is 0. The van der Waals surface area contributed by atoms with Crippen LogP contribution < -0.4 is 0 Å². The van der Waals surface area contributed by atoms with Crippen LogP contribution in [0.3, 0.4) is 0 Å². The van der Waals surface area contributed by atoms with Crippen LogP contribution in [0, 0.1) is 0 Å². The average molecular weight is 573 g/mol. The molecule has 0 aliphatic heterocycles. The Labute approximate surface area is 264 Å². The van der Waals surface area contributed by atoms with Crippen molar-refractivity contribution in [2.45, 2.75) is 19.3 Å². The van der Waals surface area contributed by atoms with Gasteiger partial charge >= 0.3 is 0 Å². The Morgan fingerprint density at radius 3 is 1.53 bits per heavy atom. The second-order valence-corrected chi connectivity index (χ2v) is 12.9. The fourth-order valence-corrected chi connectivity index (χ4v) is 7.94. The topological polar surface area (TPSA) is 0 Å². The first-order valence-electron chi connectivity index (χ1n) is 15.9. The third kappa shape index (κ3) is 3.85. The molecule has 0 amide bonds. The molecule has 0 saturated heterocycles. The molecule has 0 spiro atoms. The molecule has 0 nitrogen and oxygen atoms in total. The summed E-state index contributed by atoms with van der Waals surface area (Å²) < 4.78 is 0. The van der Waals surface area contributed by atoms with E-state index in [1.807, 2.05) is 0 Å². The molecule has 212 valence electrons. The zero-order valence-electron chi connectivity index (χ0n) is 25.5. The van der Waals surface area contributed by atoms with Gasteiger partial charge in [0.15, 0.2) is 0 Å². The van der Waals surface area contributed by atoms with Gasteiger partial charge in [0.1, 0.15) is 0 Å². The van der Waals surface area contributed by atoms with E-state index in [-0.39, 0.29) is 5.41 Å². The second-order valence-electron chi connectivity index (χ2n) is 12.9. The standard InChI is InChI=1S/C45H32/c1-45(2)41-23-13-12-18-34(41)40-27-31(24-25-42(40)45)43-35-19-8-10-21-37(35)44(38-22-11-9-20-36(38)43)32-26-30-16-6-7-17-33(30)39(28-32)29-14-4-3-5-15-29/h3-28H,1-2H3. The maximum atomic E-state index is 2.44. The van der Waals surface area contributed by atoms with E-state index in [1.165, 1.54) is 88.0 Å². The second kappa shape index (κ2) is 9.78. The van der Waals surface area contributed by atoms with Crippen molar-refractivity contribution < 1.29 is 0 Å². The molecule has 9 rings (SSSR count). The van der Waals surface area contributed by atoms with Gasteiger partial charge in [-0.15, -0.1) is 0 Å². The van der Waals surface area contributed by atoms with Gasteiger partial charge in [-0.25, -0.2) is 0 Å². The molecular formula is C45H32. The molecule has 0 N–H and O–H groups in total. The van der Waals surface area contributed by atoms with Crippen molar-refractivity contribution in [1.29, 1.82) is 0 Å². The van der Waals surface area contributed by atoms with Crippen molar-refractivity contribution in [3.63, 3.8) is 0 Å². The van der Waals surface area contributed by atoms with Gasteiger partial charge in [-0.05, 0) is 106 Å². The van der Waals surface area contributed by atoms with E-state index in [4.69, 9.17) is 0 Å². The van der Waals surface area contributed by atoms with Crippen LogP contribution in [0.25, 0.3) is 76.8 Å². The SMILES string of the molecule is CC1(C)c2ccccc2-c2cc(-c3c4ccccc4c(-c4cc(-c5ccccc5)c5ccccc5c4)c4ccccc34)ccc21. The van der Waals surface area contributed by atoms with E-state index >= 15 is 0 Å². The maximum absolute atomic E-state index is 2.44. The molecule has 0 heterocycles. The quantitative estimate of drug-likeness (QED) is 0.185. The van der Waals surface area contributed by atoms with Crippen molar-refractivity contribution >= 4 is 32.3 Å². The summed E-state index contributed by atoms with van der Waals surface area (Å²) in [6, 6.07) is 58.4. The van der Waals surface area contributed by atoms with Crippen molar-refractivity contribution in [3.05, 3.63) is 169 Å². The van der Waals surface area contributed by atoms with E-state index in [9.17, 15) is 0 Å². The average Bonchev–Trinajstić information content (AvgIpc) is 3.32. The van der Waals surface area contributed by atoms with E-state index in [0.29, 0.717) is 0 Å². The first kappa shape index (κ1) is 26.0. The molecule has 45 heavy (non-hydrogen) atoms. The predicted octanol–water partition coefficient (Wildman–Crippen LogP) is 12.5. The van der Waals surface area contributed by atoms with Crippen LogP contribution in [0.2, 0.25) is 0 Å². The van der Waals surface area contributed by atoms with E-state index in [0.717, 1.165) is 0 Å². The molecule has 1 aliphatic carbocycles. The lowest BCUT2D eigenvalue weighted by Gasteiger charge is -2.22. The predicted molar refractivity (Wildman–Crippen MR) is 193 cm³/mol. The Bertz CT molecular complexity index is 2390. The number of hydrogen-bond donors (Lipinski definition) is 0. The normalized spacial score (nSPS) is 13.3. The highest BCUT2D eigenvalue weighted by molar-refractivity contribution is 6.22. The first-order chi connectivity index (χ1) is 22.1. The van der Waals surface area contributed by atoms with Gasteiger partial charge < -0.3 is 0 Å². The molecule has 0 unspecified atom stereocenters. The van der Waals surface area contributed by atoms with E-state index in [1.54, 1.807) is 0 Å². The minimum Gasteiger partial charge on any atom is -0.0622 e. The maximum Gasteiger partial charge on any atom is 0.0158 e. The van der Waals surface area contributed by atoms with Crippen molar-refractivity contribution in [2.75, 3.05) is 0 Å². The highest BCUT2D eigenvalue weighted by atomic mass is 14.4. The lowest BCUT2D eigenvalue weighted by atomic mass is 9.81. The summed E-state index contributed by atoms with van der Waals surface area (Å²) in [5.74, 6) is 0. The van der Waals surface area contributed by atoms with Gasteiger partial charge in [0.25, 0.3) is 0 Å². The third-order valence-corrected chi connectivity index (χ3v) is 10.0. The van der Waals surface area contributed by atoms with Gasteiger partial charge in [-0.1, -0.05) is 153 Å². The summed E-state index contributed by atoms with van der Waals surface area (Å²) in [6.07, 6.45) is 0. The molecule has 1 aliphatic rings. The van der Waals surface area contributed by atoms with Crippen molar-refractivity contribution in [1.82, 2.24) is 0 Å². The first-order valence-corrected chi connectivity index (χ1v) is 15.9. The molecule has 0 fully saturated rings. The molecule has 0 saturated carbocycles. The number of benzene rings is 8. The zero-order chi connectivity index (χ0) is 30.1. The number of fused-ring (bicyclic) bond motifs is 6. The Hall–Kier alpha value is -5.46. The van der Waals surface area contributed by atoms with Crippen LogP contribution in [-0.2, 0) is 5.41 Å². The lowest BCUT2D eigenvalue weighted by Crippen LogP contribution is -2.14. The van der Waals surface area contributed by atoms with Crippen LogP contribution in [0.15, 0.2) is 158 Å². The Kier molecular flexibility index (Phi) is 5.64. The molecule has 0 heteroatoms. The van der Waals surface area contributed by atoms with Gasteiger partial charge in [0.05, 0.1) is 0 Å². The fraction of sp³-hybridized carbons (Fsp3) is 0.0667. The van der Waals surface area contributed by atoms with E-state index < -0.39 is 0 Å². The summed E-state index contributed by atoms with van der Waals surface area (Å²) >= 11 is 0. The fourth-order valence-electron chi connectivity index (χ4n) is 7.94. The molecule has 0 aromatic heterocycles. The van der Waals surface area contributed by atoms with Crippen molar-refractivity contribution in [2.24, 2.45) is 0 Å².